The third-order valence-corrected chi connectivity index (χ3v) is 4.55. The minimum absolute atomic E-state index is 0.0883. The van der Waals surface area contributed by atoms with Gasteiger partial charge in [-0.3, -0.25) is 9.69 Å². The van der Waals surface area contributed by atoms with Crippen molar-refractivity contribution in [3.05, 3.63) is 36.0 Å². The molecule has 1 aliphatic rings. The molecule has 0 saturated carbocycles. The summed E-state index contributed by atoms with van der Waals surface area (Å²) in [5.74, 6) is 0.0883. The Labute approximate surface area is 149 Å². The second-order valence-electron chi connectivity index (χ2n) is 6.95. The van der Waals surface area contributed by atoms with E-state index in [0.29, 0.717) is 19.7 Å². The van der Waals surface area contributed by atoms with Crippen LogP contribution in [0.3, 0.4) is 0 Å². The molecule has 1 fully saturated rings. The van der Waals surface area contributed by atoms with Crippen LogP contribution in [-0.4, -0.2) is 80.2 Å². The molecule has 1 atom stereocenters. The molecule has 0 unspecified atom stereocenters. The lowest BCUT2D eigenvalue weighted by Crippen LogP contribution is -2.49. The number of hydrogen-bond donors (Lipinski definition) is 2. The van der Waals surface area contributed by atoms with Crippen molar-refractivity contribution in [3.63, 3.8) is 0 Å². The van der Waals surface area contributed by atoms with Gasteiger partial charge in [0.05, 0.1) is 19.3 Å². The van der Waals surface area contributed by atoms with E-state index in [4.69, 9.17) is 4.74 Å². The van der Waals surface area contributed by atoms with Crippen LogP contribution in [0.15, 0.2) is 30.5 Å². The van der Waals surface area contributed by atoms with Gasteiger partial charge in [0, 0.05) is 43.3 Å². The van der Waals surface area contributed by atoms with Gasteiger partial charge in [-0.05, 0) is 32.1 Å². The predicted octanol–water partition coefficient (Wildman–Crippen LogP) is 1.09. The normalized spacial score (nSPS) is 18.8. The fourth-order valence-electron chi connectivity index (χ4n) is 3.38. The van der Waals surface area contributed by atoms with Gasteiger partial charge in [-0.15, -0.1) is 0 Å². The molecule has 0 aliphatic carbocycles. The molecule has 0 radical (unpaired) electrons. The van der Waals surface area contributed by atoms with Crippen LogP contribution in [0, 0.1) is 0 Å². The number of carbonyl (C=O) groups is 1. The van der Waals surface area contributed by atoms with E-state index in [1.165, 1.54) is 10.9 Å². The Hall–Kier alpha value is -1.89. The number of para-hydroxylation sites is 1. The van der Waals surface area contributed by atoms with Crippen LogP contribution in [0.1, 0.15) is 5.56 Å². The van der Waals surface area contributed by atoms with E-state index in [0.717, 1.165) is 31.6 Å². The topological polar surface area (TPSA) is 60.6 Å². The maximum absolute atomic E-state index is 12.2. The average Bonchev–Trinajstić information content (AvgIpc) is 2.98. The lowest BCUT2D eigenvalue weighted by Gasteiger charge is -2.33. The number of fused-ring (bicyclic) bond motifs is 1. The van der Waals surface area contributed by atoms with Crippen molar-refractivity contribution in [2.75, 3.05) is 53.4 Å². The van der Waals surface area contributed by atoms with Crippen LogP contribution in [0.5, 0.6) is 0 Å². The molecular weight excluding hydrogens is 316 g/mol. The number of nitrogens with zero attached hydrogens (tertiary/aromatic N) is 2. The number of aromatic nitrogens is 1. The summed E-state index contributed by atoms with van der Waals surface area (Å²) in [5.41, 5.74) is 2.39. The first-order chi connectivity index (χ1) is 12.1. The lowest BCUT2D eigenvalue weighted by molar-refractivity contribution is -0.124. The first-order valence-electron chi connectivity index (χ1n) is 8.92. The highest BCUT2D eigenvalue weighted by Crippen LogP contribution is 2.17. The molecule has 2 heterocycles. The molecule has 6 heteroatoms. The number of likely N-dealkylation sites (N-methyl/N-ethyl adjacent to an activating group) is 1. The van der Waals surface area contributed by atoms with Gasteiger partial charge in [0.1, 0.15) is 0 Å². The second-order valence-corrected chi connectivity index (χ2v) is 6.95. The number of carbonyl (C=O) groups excluding carboxylic acids is 1. The highest BCUT2D eigenvalue weighted by Gasteiger charge is 2.22. The van der Waals surface area contributed by atoms with E-state index in [1.807, 2.05) is 32.4 Å². The molecule has 1 aromatic carbocycles. The number of H-pyrrole nitrogens is 1. The standard InChI is InChI=1S/C19H28N4O2/c1-22(2)12-16-13-23(9-10-25-16)14-19(24)20-8-7-15-11-21-18-6-4-3-5-17(15)18/h3-6,11,16,21H,7-10,12-14H2,1-2H3,(H,20,24)/t16-/m0/s1. The van der Waals surface area contributed by atoms with Crippen molar-refractivity contribution in [1.29, 1.82) is 0 Å². The van der Waals surface area contributed by atoms with E-state index < -0.39 is 0 Å². The molecule has 136 valence electrons. The van der Waals surface area contributed by atoms with E-state index in [2.05, 4.69) is 32.2 Å². The second kappa shape index (κ2) is 8.47. The highest BCUT2D eigenvalue weighted by atomic mass is 16.5. The molecule has 1 amide bonds. The summed E-state index contributed by atoms with van der Waals surface area (Å²) in [4.78, 5) is 19.8. The fraction of sp³-hybridized carbons (Fsp3) is 0.526. The third-order valence-electron chi connectivity index (χ3n) is 4.55. The van der Waals surface area contributed by atoms with Crippen molar-refractivity contribution in [2.24, 2.45) is 0 Å². The summed E-state index contributed by atoms with van der Waals surface area (Å²) in [6.45, 7) is 4.32. The predicted molar refractivity (Wildman–Crippen MR) is 99.7 cm³/mol. The van der Waals surface area contributed by atoms with Crippen LogP contribution in [-0.2, 0) is 16.0 Å². The molecule has 1 aromatic heterocycles. The van der Waals surface area contributed by atoms with Gasteiger partial charge in [-0.2, -0.15) is 0 Å². The zero-order chi connectivity index (χ0) is 17.6. The van der Waals surface area contributed by atoms with E-state index >= 15 is 0 Å². The fourth-order valence-corrected chi connectivity index (χ4v) is 3.38. The molecule has 2 N–H and O–H groups in total. The number of nitrogens with one attached hydrogen (secondary N) is 2. The van der Waals surface area contributed by atoms with Crippen molar-refractivity contribution in [2.45, 2.75) is 12.5 Å². The monoisotopic (exact) mass is 344 g/mol. The minimum Gasteiger partial charge on any atom is -0.374 e. The summed E-state index contributed by atoms with van der Waals surface area (Å²) in [7, 11) is 4.08. The van der Waals surface area contributed by atoms with Crippen LogP contribution >= 0.6 is 0 Å². The number of morpholine rings is 1. The molecule has 2 aromatic rings. The molecule has 25 heavy (non-hydrogen) atoms. The van der Waals surface area contributed by atoms with Gasteiger partial charge in [0.25, 0.3) is 0 Å². The summed E-state index contributed by atoms with van der Waals surface area (Å²) in [6, 6.07) is 8.25. The molecular formula is C19H28N4O2. The minimum atomic E-state index is 0.0883. The van der Waals surface area contributed by atoms with Crippen molar-refractivity contribution >= 4 is 16.8 Å². The van der Waals surface area contributed by atoms with Crippen molar-refractivity contribution in [3.8, 4) is 0 Å². The molecule has 1 saturated heterocycles. The lowest BCUT2D eigenvalue weighted by atomic mass is 10.1. The number of rotatable bonds is 7. The van der Waals surface area contributed by atoms with Gasteiger partial charge < -0.3 is 19.9 Å². The quantitative estimate of drug-likeness (QED) is 0.789. The molecule has 6 nitrogen and oxygen atoms in total. The number of aromatic amines is 1. The zero-order valence-electron chi connectivity index (χ0n) is 15.1. The van der Waals surface area contributed by atoms with Gasteiger partial charge >= 0.3 is 0 Å². The Bertz CT molecular complexity index is 698. The SMILES string of the molecule is CN(C)C[C@H]1CN(CC(=O)NCCc2c[nH]c3ccccc23)CCO1. The Morgan fingerprint density at radius 2 is 2.24 bits per heavy atom. The Balaban J connectivity index is 1.42. The Morgan fingerprint density at radius 3 is 3.08 bits per heavy atom. The number of ether oxygens (including phenoxy) is 1. The van der Waals surface area contributed by atoms with Crippen LogP contribution in [0.25, 0.3) is 10.9 Å². The zero-order valence-corrected chi connectivity index (χ0v) is 15.1. The molecule has 3 rings (SSSR count). The summed E-state index contributed by atoms with van der Waals surface area (Å²) >= 11 is 0. The first kappa shape index (κ1) is 17.9. The summed E-state index contributed by atoms with van der Waals surface area (Å²) < 4.78 is 5.75. The van der Waals surface area contributed by atoms with Gasteiger partial charge in [-0.1, -0.05) is 18.2 Å². The molecule has 0 spiro atoms. The maximum Gasteiger partial charge on any atom is 0.234 e. The largest absolute Gasteiger partial charge is 0.374 e. The van der Waals surface area contributed by atoms with Gasteiger partial charge in [0.2, 0.25) is 5.91 Å². The van der Waals surface area contributed by atoms with Crippen LogP contribution < -0.4 is 5.32 Å². The maximum atomic E-state index is 12.2. The van der Waals surface area contributed by atoms with Crippen molar-refractivity contribution < 1.29 is 9.53 Å². The van der Waals surface area contributed by atoms with Crippen LogP contribution in [0.4, 0.5) is 0 Å². The van der Waals surface area contributed by atoms with E-state index in [1.54, 1.807) is 0 Å². The number of hydrogen-bond acceptors (Lipinski definition) is 4. The average molecular weight is 344 g/mol. The van der Waals surface area contributed by atoms with Gasteiger partial charge in [0.15, 0.2) is 0 Å². The van der Waals surface area contributed by atoms with E-state index in [-0.39, 0.29) is 12.0 Å². The smallest absolute Gasteiger partial charge is 0.234 e. The third kappa shape index (κ3) is 5.04. The summed E-state index contributed by atoms with van der Waals surface area (Å²) in [5, 5.41) is 4.28. The van der Waals surface area contributed by atoms with Gasteiger partial charge in [-0.25, -0.2) is 0 Å². The number of amides is 1. The molecule has 0 bridgehead atoms. The van der Waals surface area contributed by atoms with Crippen molar-refractivity contribution in [1.82, 2.24) is 20.1 Å². The highest BCUT2D eigenvalue weighted by molar-refractivity contribution is 5.83. The number of benzene rings is 1. The summed E-state index contributed by atoms with van der Waals surface area (Å²) in [6.07, 6.45) is 3.05. The Kier molecular flexibility index (Phi) is 6.07. The van der Waals surface area contributed by atoms with E-state index in [9.17, 15) is 4.79 Å². The Morgan fingerprint density at radius 1 is 1.40 bits per heavy atom. The first-order valence-corrected chi connectivity index (χ1v) is 8.92. The molecule has 1 aliphatic heterocycles. The van der Waals surface area contributed by atoms with Crippen LogP contribution in [0.2, 0.25) is 0 Å².